The third-order valence-corrected chi connectivity index (χ3v) is 6.25. The van der Waals surface area contributed by atoms with Gasteiger partial charge in [-0.2, -0.15) is 0 Å². The second kappa shape index (κ2) is 6.45. The lowest BCUT2D eigenvalue weighted by Crippen LogP contribution is -2.40. The molecule has 0 bridgehead atoms. The van der Waals surface area contributed by atoms with Gasteiger partial charge in [0.25, 0.3) is 5.91 Å². The van der Waals surface area contributed by atoms with Crippen LogP contribution in [0.5, 0.6) is 0 Å². The molecule has 1 saturated heterocycles. The van der Waals surface area contributed by atoms with Crippen LogP contribution in [-0.4, -0.2) is 36.8 Å². The maximum atomic E-state index is 12.7. The molecule has 0 unspecified atom stereocenters. The van der Waals surface area contributed by atoms with Crippen LogP contribution in [0.2, 0.25) is 0 Å². The summed E-state index contributed by atoms with van der Waals surface area (Å²) in [5.74, 6) is 0.422. The van der Waals surface area contributed by atoms with Crippen molar-refractivity contribution >= 4 is 47.6 Å². The van der Waals surface area contributed by atoms with E-state index in [2.05, 4.69) is 31.9 Å². The molecule has 0 N–H and O–H groups in total. The van der Waals surface area contributed by atoms with Crippen LogP contribution in [0.3, 0.4) is 0 Å². The monoisotopic (exact) mass is 465 g/mol. The smallest absolute Gasteiger partial charge is 0.290 e. The van der Waals surface area contributed by atoms with Crippen molar-refractivity contribution < 1.29 is 22.0 Å². The summed E-state index contributed by atoms with van der Waals surface area (Å²) in [6, 6.07) is 6.26. The Balaban J connectivity index is 1.88. The first-order chi connectivity index (χ1) is 10.8. The predicted octanol–water partition coefficient (Wildman–Crippen LogP) is 3.23. The molecule has 23 heavy (non-hydrogen) atoms. The molecule has 0 saturated carbocycles. The number of furan rings is 2. The Kier molecular flexibility index (Phi) is 4.70. The number of carbonyl (C=O) groups excluding carboxylic acids is 1. The molecule has 1 fully saturated rings. The van der Waals surface area contributed by atoms with Gasteiger partial charge in [0.1, 0.15) is 5.76 Å². The molecule has 1 aliphatic rings. The van der Waals surface area contributed by atoms with E-state index in [-0.39, 0.29) is 35.8 Å². The minimum absolute atomic E-state index is 0.0392. The van der Waals surface area contributed by atoms with E-state index in [1.165, 1.54) is 4.90 Å². The molecule has 1 amide bonds. The average molecular weight is 467 g/mol. The maximum Gasteiger partial charge on any atom is 0.290 e. The Labute approximate surface area is 150 Å². The van der Waals surface area contributed by atoms with E-state index in [1.807, 2.05) is 0 Å². The Bertz CT molecular complexity index is 826. The fourth-order valence-electron chi connectivity index (χ4n) is 2.56. The second-order valence-electron chi connectivity index (χ2n) is 5.30. The van der Waals surface area contributed by atoms with Crippen LogP contribution in [0.25, 0.3) is 0 Å². The first-order valence-electron chi connectivity index (χ1n) is 6.85. The first kappa shape index (κ1) is 16.8. The lowest BCUT2D eigenvalue weighted by Gasteiger charge is -2.26. The minimum Gasteiger partial charge on any atom is -0.452 e. The number of amides is 1. The number of rotatable bonds is 4. The van der Waals surface area contributed by atoms with Gasteiger partial charge in [0.05, 0.1) is 18.1 Å². The van der Waals surface area contributed by atoms with E-state index in [0.717, 1.165) is 0 Å². The van der Waals surface area contributed by atoms with Crippen molar-refractivity contribution in [2.45, 2.75) is 19.0 Å². The van der Waals surface area contributed by atoms with E-state index in [0.29, 0.717) is 21.5 Å². The normalized spacial score (nSPS) is 19.8. The first-order valence-corrected chi connectivity index (χ1v) is 10.3. The summed E-state index contributed by atoms with van der Waals surface area (Å²) in [5, 5.41) is 0. The van der Waals surface area contributed by atoms with Gasteiger partial charge in [-0.3, -0.25) is 4.79 Å². The van der Waals surface area contributed by atoms with Crippen LogP contribution in [-0.2, 0) is 16.4 Å². The van der Waals surface area contributed by atoms with Gasteiger partial charge in [0.2, 0.25) is 0 Å². The summed E-state index contributed by atoms with van der Waals surface area (Å²) in [6.45, 7) is 0.183. The number of hydrogen-bond acceptors (Lipinski definition) is 5. The second-order valence-corrected chi connectivity index (χ2v) is 9.09. The quantitative estimate of drug-likeness (QED) is 0.690. The zero-order valence-electron chi connectivity index (χ0n) is 11.9. The van der Waals surface area contributed by atoms with Gasteiger partial charge in [-0.25, -0.2) is 8.42 Å². The number of sulfone groups is 1. The zero-order chi connectivity index (χ0) is 16.6. The molecule has 2 aromatic heterocycles. The summed E-state index contributed by atoms with van der Waals surface area (Å²) in [4.78, 5) is 14.2. The van der Waals surface area contributed by atoms with Crippen molar-refractivity contribution in [3.05, 3.63) is 45.1 Å². The van der Waals surface area contributed by atoms with E-state index in [4.69, 9.17) is 8.83 Å². The molecule has 1 atom stereocenters. The highest BCUT2D eigenvalue weighted by Gasteiger charge is 2.36. The number of carbonyl (C=O) groups is 1. The minimum atomic E-state index is -3.11. The van der Waals surface area contributed by atoms with Crippen LogP contribution >= 0.6 is 31.9 Å². The van der Waals surface area contributed by atoms with Gasteiger partial charge < -0.3 is 13.7 Å². The van der Waals surface area contributed by atoms with Crippen molar-refractivity contribution in [3.8, 4) is 0 Å². The zero-order valence-corrected chi connectivity index (χ0v) is 15.9. The molecule has 0 aromatic carbocycles. The van der Waals surface area contributed by atoms with Crippen molar-refractivity contribution in [1.82, 2.24) is 4.90 Å². The van der Waals surface area contributed by atoms with Crippen molar-refractivity contribution in [1.29, 1.82) is 0 Å². The molecule has 9 heteroatoms. The predicted molar refractivity (Wildman–Crippen MR) is 89.7 cm³/mol. The third-order valence-electron chi connectivity index (χ3n) is 3.65. The van der Waals surface area contributed by atoms with Gasteiger partial charge in [-0.15, -0.1) is 0 Å². The van der Waals surface area contributed by atoms with E-state index < -0.39 is 9.84 Å². The highest BCUT2D eigenvalue weighted by molar-refractivity contribution is 9.10. The summed E-state index contributed by atoms with van der Waals surface area (Å²) in [5.41, 5.74) is 0. The molecule has 0 spiro atoms. The fourth-order valence-corrected chi connectivity index (χ4v) is 4.94. The van der Waals surface area contributed by atoms with Crippen LogP contribution in [0.15, 0.2) is 42.4 Å². The van der Waals surface area contributed by atoms with Gasteiger partial charge in [0, 0.05) is 6.04 Å². The Hall–Kier alpha value is -1.06. The molecule has 0 radical (unpaired) electrons. The number of hydrogen-bond donors (Lipinski definition) is 0. The van der Waals surface area contributed by atoms with E-state index in [9.17, 15) is 13.2 Å². The summed E-state index contributed by atoms with van der Waals surface area (Å²) in [6.07, 6.45) is 0.415. The van der Waals surface area contributed by atoms with Gasteiger partial charge in [0.15, 0.2) is 24.9 Å². The van der Waals surface area contributed by atoms with Crippen molar-refractivity contribution in [2.75, 3.05) is 11.5 Å². The highest BCUT2D eigenvalue weighted by Crippen LogP contribution is 2.25. The van der Waals surface area contributed by atoms with E-state index in [1.54, 1.807) is 24.3 Å². The maximum absolute atomic E-state index is 12.7. The van der Waals surface area contributed by atoms with Crippen LogP contribution in [0, 0.1) is 0 Å². The van der Waals surface area contributed by atoms with Gasteiger partial charge in [-0.05, 0) is 62.5 Å². The summed E-state index contributed by atoms with van der Waals surface area (Å²) < 4.78 is 35.3. The molecular formula is C14H13Br2NO5S. The fraction of sp³-hybridized carbons (Fsp3) is 0.357. The van der Waals surface area contributed by atoms with Gasteiger partial charge >= 0.3 is 0 Å². The average Bonchev–Trinajstić information content (AvgIpc) is 3.17. The van der Waals surface area contributed by atoms with E-state index >= 15 is 0 Å². The topological polar surface area (TPSA) is 80.7 Å². The highest BCUT2D eigenvalue weighted by atomic mass is 79.9. The SMILES string of the molecule is O=C(c1ccc(Br)o1)N(Cc1ccc(Br)o1)[C@@H]1CCS(=O)(=O)C1. The largest absolute Gasteiger partial charge is 0.452 e. The molecule has 0 aliphatic carbocycles. The number of halogens is 2. The Morgan fingerprint density at radius 1 is 1.17 bits per heavy atom. The molecule has 124 valence electrons. The third kappa shape index (κ3) is 3.89. The Morgan fingerprint density at radius 3 is 2.39 bits per heavy atom. The molecular weight excluding hydrogens is 454 g/mol. The Morgan fingerprint density at radius 2 is 1.87 bits per heavy atom. The molecule has 3 rings (SSSR count). The summed E-state index contributed by atoms with van der Waals surface area (Å²) in [7, 11) is -3.11. The molecule has 6 nitrogen and oxygen atoms in total. The standard InChI is InChI=1S/C14H13Br2NO5S/c15-12-3-1-10(21-12)7-17(9-5-6-23(19,20)8-9)14(18)11-2-4-13(16)22-11/h1-4,9H,5-8H2/t9-/m1/s1. The summed E-state index contributed by atoms with van der Waals surface area (Å²) >= 11 is 6.38. The van der Waals surface area contributed by atoms with Crippen LogP contribution in [0.4, 0.5) is 0 Å². The van der Waals surface area contributed by atoms with Gasteiger partial charge in [-0.1, -0.05) is 0 Å². The van der Waals surface area contributed by atoms with Crippen LogP contribution < -0.4 is 0 Å². The van der Waals surface area contributed by atoms with Crippen molar-refractivity contribution in [2.24, 2.45) is 0 Å². The molecule has 3 heterocycles. The van der Waals surface area contributed by atoms with Crippen LogP contribution in [0.1, 0.15) is 22.7 Å². The van der Waals surface area contributed by atoms with Crippen molar-refractivity contribution in [3.63, 3.8) is 0 Å². The lowest BCUT2D eigenvalue weighted by molar-refractivity contribution is 0.0631. The molecule has 2 aromatic rings. The number of nitrogens with zero attached hydrogens (tertiary/aromatic N) is 1. The molecule has 1 aliphatic heterocycles. The lowest BCUT2D eigenvalue weighted by atomic mass is 10.2.